The second-order valence-corrected chi connectivity index (χ2v) is 18.5. The second kappa shape index (κ2) is 5.94. The van der Waals surface area contributed by atoms with Crippen molar-refractivity contribution in [2.24, 2.45) is 0 Å². The maximum atomic E-state index is 2.55. The predicted octanol–water partition coefficient (Wildman–Crippen LogP) is 6.19. The van der Waals surface area contributed by atoms with Crippen LogP contribution in [0.25, 0.3) is 11.1 Å². The van der Waals surface area contributed by atoms with E-state index < -0.39 is 21.4 Å². The van der Waals surface area contributed by atoms with Crippen molar-refractivity contribution in [1.29, 1.82) is 0 Å². The van der Waals surface area contributed by atoms with Crippen LogP contribution in [0.2, 0.25) is 9.36 Å². The third kappa shape index (κ3) is 3.09. The van der Waals surface area contributed by atoms with Crippen LogP contribution < -0.4 is 3.32 Å². The first-order valence-corrected chi connectivity index (χ1v) is 18.1. The third-order valence-electron chi connectivity index (χ3n) is 5.25. The molecule has 0 spiro atoms. The summed E-state index contributed by atoms with van der Waals surface area (Å²) in [5.74, 6) is 0. The van der Waals surface area contributed by atoms with Gasteiger partial charge in [0.2, 0.25) is 0 Å². The molecule has 0 aliphatic heterocycles. The fourth-order valence-electron chi connectivity index (χ4n) is 3.94. The van der Waals surface area contributed by atoms with Crippen molar-refractivity contribution < 1.29 is 21.4 Å². The van der Waals surface area contributed by atoms with E-state index in [0.717, 1.165) is 6.42 Å². The van der Waals surface area contributed by atoms with Crippen molar-refractivity contribution in [2.45, 2.75) is 68.2 Å². The van der Waals surface area contributed by atoms with Crippen LogP contribution in [0.1, 0.15) is 63.8 Å². The Labute approximate surface area is 156 Å². The Morgan fingerprint density at radius 1 is 0.792 bits per heavy atom. The first-order chi connectivity index (χ1) is 11.0. The Balaban J connectivity index is 2.19. The zero-order valence-electron chi connectivity index (χ0n) is 16.6. The molecule has 24 heavy (non-hydrogen) atoms. The van der Waals surface area contributed by atoms with E-state index in [1.807, 2.05) is 0 Å². The number of benzene rings is 2. The molecule has 1 aliphatic rings. The minimum absolute atomic E-state index is 0.223. The molecule has 0 unspecified atom stereocenters. The standard InChI is InChI=1S/C21H25.2CH3.Hf/c1-20(2,3)16-7-9-18-14(12-16)11-15-13-17(21(4,5)6)8-10-19(15)18;;;/h7-10,12H,11H2,1-6H3;2*1H3;. The molecule has 3 rings (SSSR count). The molecule has 0 fully saturated rings. The van der Waals surface area contributed by atoms with Gasteiger partial charge in [0, 0.05) is 0 Å². The second-order valence-electron chi connectivity index (χ2n) is 9.56. The third-order valence-corrected chi connectivity index (χ3v) is 10.9. The van der Waals surface area contributed by atoms with Crippen molar-refractivity contribution in [3.8, 4) is 11.1 Å². The summed E-state index contributed by atoms with van der Waals surface area (Å²) in [6.07, 6.45) is 1.14. The summed E-state index contributed by atoms with van der Waals surface area (Å²) < 4.78 is 6.90. The minimum atomic E-state index is -1.66. The predicted molar refractivity (Wildman–Crippen MR) is 103 cm³/mol. The van der Waals surface area contributed by atoms with Crippen LogP contribution in [0.5, 0.6) is 0 Å². The van der Waals surface area contributed by atoms with Crippen LogP contribution >= 0.6 is 0 Å². The van der Waals surface area contributed by atoms with E-state index in [1.54, 1.807) is 14.4 Å². The van der Waals surface area contributed by atoms with E-state index in [-0.39, 0.29) is 10.8 Å². The van der Waals surface area contributed by atoms with Gasteiger partial charge in [-0.05, 0) is 0 Å². The monoisotopic (exact) mass is 487 g/mol. The summed E-state index contributed by atoms with van der Waals surface area (Å²) >= 11 is -1.66. The van der Waals surface area contributed by atoms with Gasteiger partial charge in [0.15, 0.2) is 0 Å². The molecule has 0 N–H and O–H groups in total. The topological polar surface area (TPSA) is 0 Å². The Bertz CT molecular complexity index is 783. The molecule has 0 bridgehead atoms. The first kappa shape index (κ1) is 18.1. The average Bonchev–Trinajstić information content (AvgIpc) is 2.81. The molecule has 1 heteroatoms. The Hall–Kier alpha value is -0.690. The van der Waals surface area contributed by atoms with Gasteiger partial charge in [0.25, 0.3) is 0 Å². The number of fused-ring (bicyclic) bond motifs is 3. The van der Waals surface area contributed by atoms with Gasteiger partial charge in [-0.25, -0.2) is 0 Å². The molecule has 0 atom stereocenters. The van der Waals surface area contributed by atoms with Crippen LogP contribution in [0.3, 0.4) is 0 Å². The summed E-state index contributed by atoms with van der Waals surface area (Å²) in [5.41, 5.74) is 9.73. The number of hydrogen-bond donors (Lipinski definition) is 0. The molecule has 0 saturated carbocycles. The van der Waals surface area contributed by atoms with Crippen molar-refractivity contribution in [1.82, 2.24) is 0 Å². The van der Waals surface area contributed by atoms with Gasteiger partial charge in [0.1, 0.15) is 0 Å². The van der Waals surface area contributed by atoms with Crippen molar-refractivity contribution in [3.63, 3.8) is 0 Å². The average molecular weight is 486 g/mol. The van der Waals surface area contributed by atoms with Gasteiger partial charge in [-0.3, -0.25) is 0 Å². The molecule has 1 aliphatic carbocycles. The molecule has 0 aromatic heterocycles. The molecule has 2 aromatic carbocycles. The molecule has 0 heterocycles. The number of rotatable bonds is 1. The summed E-state index contributed by atoms with van der Waals surface area (Å²) in [7, 11) is 0. The molecular formula is C23H31Hf. The van der Waals surface area contributed by atoms with Crippen LogP contribution in [-0.2, 0) is 38.7 Å². The Morgan fingerprint density at radius 2 is 1.42 bits per heavy atom. The molecular weight excluding hydrogens is 455 g/mol. The molecule has 0 saturated heterocycles. The van der Waals surface area contributed by atoms with Crippen LogP contribution in [0, 0.1) is 0 Å². The van der Waals surface area contributed by atoms with Crippen LogP contribution in [-0.4, -0.2) is 0 Å². The summed E-state index contributed by atoms with van der Waals surface area (Å²) in [6, 6.07) is 12.0. The summed E-state index contributed by atoms with van der Waals surface area (Å²) in [5, 5.41) is 0. The molecule has 127 valence electrons. The Kier molecular flexibility index (Phi) is 4.48. The fourth-order valence-corrected chi connectivity index (χ4v) is 10.5. The van der Waals surface area contributed by atoms with Crippen molar-refractivity contribution >= 4 is 3.32 Å². The van der Waals surface area contributed by atoms with E-state index in [9.17, 15) is 0 Å². The maximum absolute atomic E-state index is 2.55. The van der Waals surface area contributed by atoms with Gasteiger partial charge < -0.3 is 0 Å². The van der Waals surface area contributed by atoms with Crippen molar-refractivity contribution in [3.05, 3.63) is 52.6 Å². The normalized spacial score (nSPS) is 13.7. The zero-order chi connectivity index (χ0) is 17.9. The van der Waals surface area contributed by atoms with Gasteiger partial charge >= 0.3 is 157 Å². The van der Waals surface area contributed by atoms with Crippen LogP contribution in [0.4, 0.5) is 0 Å². The van der Waals surface area contributed by atoms with Gasteiger partial charge in [-0.1, -0.05) is 0 Å². The quantitative estimate of drug-likeness (QED) is 0.360. The molecule has 0 radical (unpaired) electrons. The summed E-state index contributed by atoms with van der Waals surface area (Å²) in [6.45, 7) is 14.0. The van der Waals surface area contributed by atoms with Gasteiger partial charge in [-0.2, -0.15) is 0 Å². The molecule has 2 aromatic rings. The van der Waals surface area contributed by atoms with Gasteiger partial charge in [0.05, 0.1) is 0 Å². The van der Waals surface area contributed by atoms with E-state index >= 15 is 0 Å². The number of hydrogen-bond acceptors (Lipinski definition) is 0. The van der Waals surface area contributed by atoms with E-state index in [1.165, 1.54) is 22.3 Å². The van der Waals surface area contributed by atoms with E-state index in [0.29, 0.717) is 0 Å². The zero-order valence-corrected chi connectivity index (χ0v) is 20.2. The van der Waals surface area contributed by atoms with Crippen molar-refractivity contribution in [2.75, 3.05) is 0 Å². The molecule has 0 nitrogen and oxygen atoms in total. The Morgan fingerprint density at radius 3 is 1.96 bits per heavy atom. The van der Waals surface area contributed by atoms with E-state index in [2.05, 4.69) is 81.2 Å². The summed E-state index contributed by atoms with van der Waals surface area (Å²) in [4.78, 5) is 0. The van der Waals surface area contributed by atoms with Crippen LogP contribution in [0.15, 0.2) is 30.3 Å². The SMILES string of the molecule is [CH3][Hf]([CH3])[c]1c(C(C)(C)C)ccc2c1Cc1cc(C(C)(C)C)ccc1-2. The van der Waals surface area contributed by atoms with E-state index in [4.69, 9.17) is 0 Å². The first-order valence-electron chi connectivity index (χ1n) is 9.11. The molecule has 0 amide bonds. The fraction of sp³-hybridized carbons (Fsp3) is 0.478. The van der Waals surface area contributed by atoms with Gasteiger partial charge in [-0.15, -0.1) is 0 Å².